The number of hydrogen-bond acceptors (Lipinski definition) is 6. The second-order valence-corrected chi connectivity index (χ2v) is 10.8. The average Bonchev–Trinajstić information content (AvgIpc) is 2.66. The van der Waals surface area contributed by atoms with Crippen LogP contribution < -0.4 is 0 Å². The molecule has 0 N–H and O–H groups in total. The Morgan fingerprint density at radius 2 is 1.69 bits per heavy atom. The van der Waals surface area contributed by atoms with Gasteiger partial charge in [0, 0.05) is 20.6 Å². The van der Waals surface area contributed by atoms with Crippen molar-refractivity contribution in [3.8, 4) is 0 Å². The van der Waals surface area contributed by atoms with Crippen molar-refractivity contribution in [3.05, 3.63) is 60.2 Å². The maximum absolute atomic E-state index is 12.7. The zero-order valence-electron chi connectivity index (χ0n) is 16.1. The van der Waals surface area contributed by atoms with E-state index >= 15 is 0 Å². The molecule has 0 amide bonds. The highest BCUT2D eigenvalue weighted by atomic mass is 32.2. The quantitative estimate of drug-likeness (QED) is 0.607. The van der Waals surface area contributed by atoms with E-state index in [2.05, 4.69) is 0 Å². The number of sulfonamides is 2. The lowest BCUT2D eigenvalue weighted by Crippen LogP contribution is -2.55. The molecule has 1 saturated heterocycles. The van der Waals surface area contributed by atoms with E-state index in [0.717, 1.165) is 8.61 Å². The molecule has 0 aliphatic carbocycles. The summed E-state index contributed by atoms with van der Waals surface area (Å²) >= 11 is 0. The highest BCUT2D eigenvalue weighted by molar-refractivity contribution is 7.89. The molecule has 0 unspecified atom stereocenters. The van der Waals surface area contributed by atoms with Crippen LogP contribution in [-0.2, 0) is 36.2 Å². The fraction of sp³-hybridized carbons (Fsp3) is 0.316. The molecule has 29 heavy (non-hydrogen) atoms. The molecule has 2 aromatic rings. The van der Waals surface area contributed by atoms with Gasteiger partial charge in [-0.1, -0.05) is 30.3 Å². The van der Waals surface area contributed by atoms with E-state index in [9.17, 15) is 21.6 Å². The number of rotatable bonds is 7. The Balaban J connectivity index is 1.68. The lowest BCUT2D eigenvalue weighted by molar-refractivity contribution is -0.152. The Kier molecular flexibility index (Phi) is 6.08. The summed E-state index contributed by atoms with van der Waals surface area (Å²) in [6.07, 6.45) is 0.375. The van der Waals surface area contributed by atoms with Gasteiger partial charge in [0.15, 0.2) is 0 Å². The average molecular weight is 439 g/mol. The zero-order chi connectivity index (χ0) is 21.2. The van der Waals surface area contributed by atoms with Crippen LogP contribution in [0.1, 0.15) is 12.0 Å². The molecule has 1 heterocycles. The first kappa shape index (κ1) is 21.4. The molecular weight excluding hydrogens is 416 g/mol. The second kappa shape index (κ2) is 8.23. The number of benzene rings is 2. The van der Waals surface area contributed by atoms with Crippen LogP contribution in [0.5, 0.6) is 0 Å². The smallest absolute Gasteiger partial charge is 0.324 e. The Morgan fingerprint density at radius 1 is 1.03 bits per heavy atom. The van der Waals surface area contributed by atoms with Crippen molar-refractivity contribution in [1.82, 2.24) is 8.61 Å². The monoisotopic (exact) mass is 438 g/mol. The van der Waals surface area contributed by atoms with Crippen molar-refractivity contribution in [2.75, 3.05) is 20.6 Å². The Bertz CT molecular complexity index is 1100. The van der Waals surface area contributed by atoms with Crippen LogP contribution in [0.4, 0.5) is 0 Å². The minimum absolute atomic E-state index is 0.0907. The molecule has 10 heteroatoms. The topological polar surface area (TPSA) is 101 Å². The van der Waals surface area contributed by atoms with Crippen molar-refractivity contribution in [2.45, 2.75) is 28.9 Å². The maximum atomic E-state index is 12.7. The first-order valence-electron chi connectivity index (χ1n) is 8.89. The van der Waals surface area contributed by atoms with Gasteiger partial charge in [0.05, 0.1) is 9.79 Å². The SMILES string of the molecule is CN(C)S(=O)(=O)c1cccc(COC(=O)[C@H]2CCN2S(=O)(=O)c2ccccc2)c1. The van der Waals surface area contributed by atoms with E-state index in [1.165, 1.54) is 38.4 Å². The van der Waals surface area contributed by atoms with E-state index in [0.29, 0.717) is 12.0 Å². The van der Waals surface area contributed by atoms with Crippen molar-refractivity contribution in [2.24, 2.45) is 0 Å². The van der Waals surface area contributed by atoms with Crippen molar-refractivity contribution >= 4 is 26.0 Å². The minimum atomic E-state index is -3.77. The molecule has 1 aliphatic heterocycles. The fourth-order valence-electron chi connectivity index (χ4n) is 2.87. The van der Waals surface area contributed by atoms with Gasteiger partial charge in [-0.05, 0) is 36.2 Å². The van der Waals surface area contributed by atoms with Crippen LogP contribution in [0, 0.1) is 0 Å². The predicted octanol–water partition coefficient (Wildman–Crippen LogP) is 1.44. The normalized spacial score (nSPS) is 17.7. The highest BCUT2D eigenvalue weighted by Crippen LogP contribution is 2.28. The van der Waals surface area contributed by atoms with E-state index in [1.54, 1.807) is 30.3 Å². The molecule has 2 aromatic carbocycles. The molecule has 0 spiro atoms. The van der Waals surface area contributed by atoms with Gasteiger partial charge < -0.3 is 4.74 Å². The van der Waals surface area contributed by atoms with Crippen LogP contribution in [0.3, 0.4) is 0 Å². The van der Waals surface area contributed by atoms with Crippen LogP contribution in [-0.4, -0.2) is 58.1 Å². The fourth-order valence-corrected chi connectivity index (χ4v) is 5.49. The van der Waals surface area contributed by atoms with Gasteiger partial charge in [-0.2, -0.15) is 4.31 Å². The minimum Gasteiger partial charge on any atom is -0.460 e. The lowest BCUT2D eigenvalue weighted by Gasteiger charge is -2.37. The standard InChI is InChI=1S/C19H22N2O6S2/c1-20(2)28(23,24)17-10-6-7-15(13-17)14-27-19(22)18-11-12-21(18)29(25,26)16-8-4-3-5-9-16/h3-10,13,18H,11-12,14H2,1-2H3/t18-/m1/s1. The highest BCUT2D eigenvalue weighted by Gasteiger charge is 2.43. The van der Waals surface area contributed by atoms with Gasteiger partial charge in [-0.3, -0.25) is 4.79 Å². The van der Waals surface area contributed by atoms with Gasteiger partial charge in [0.25, 0.3) is 0 Å². The molecule has 0 bridgehead atoms. The number of ether oxygens (including phenoxy) is 1. The summed E-state index contributed by atoms with van der Waals surface area (Å²) in [6.45, 7) is 0.0961. The number of carbonyl (C=O) groups is 1. The molecule has 8 nitrogen and oxygen atoms in total. The van der Waals surface area contributed by atoms with Gasteiger partial charge in [-0.15, -0.1) is 0 Å². The van der Waals surface area contributed by atoms with Crippen molar-refractivity contribution in [1.29, 1.82) is 0 Å². The molecule has 1 aliphatic rings. The summed E-state index contributed by atoms with van der Waals surface area (Å²) in [4.78, 5) is 12.6. The molecular formula is C19H22N2O6S2. The summed E-state index contributed by atoms with van der Waals surface area (Å²) in [6, 6.07) is 13.1. The molecule has 0 radical (unpaired) electrons. The Morgan fingerprint density at radius 3 is 2.28 bits per heavy atom. The third-order valence-corrected chi connectivity index (χ3v) is 8.38. The molecule has 156 valence electrons. The number of esters is 1. The lowest BCUT2D eigenvalue weighted by atomic mass is 10.1. The third kappa shape index (κ3) is 4.35. The third-order valence-electron chi connectivity index (χ3n) is 4.65. The summed E-state index contributed by atoms with van der Waals surface area (Å²) in [5.74, 6) is -0.656. The van der Waals surface area contributed by atoms with E-state index in [-0.39, 0.29) is 22.9 Å². The largest absolute Gasteiger partial charge is 0.460 e. The number of nitrogens with zero attached hydrogens (tertiary/aromatic N) is 2. The van der Waals surface area contributed by atoms with E-state index in [4.69, 9.17) is 4.74 Å². The Hall–Kier alpha value is -2.27. The van der Waals surface area contributed by atoms with Crippen molar-refractivity contribution < 1.29 is 26.4 Å². The first-order valence-corrected chi connectivity index (χ1v) is 11.8. The number of hydrogen-bond donors (Lipinski definition) is 0. The van der Waals surface area contributed by atoms with Crippen molar-refractivity contribution in [3.63, 3.8) is 0 Å². The molecule has 3 rings (SSSR count). The summed E-state index contributed by atoms with van der Waals surface area (Å²) in [5.41, 5.74) is 0.498. The summed E-state index contributed by atoms with van der Waals surface area (Å²) < 4.78 is 57.3. The summed E-state index contributed by atoms with van der Waals surface area (Å²) in [5, 5.41) is 0. The zero-order valence-corrected chi connectivity index (χ0v) is 17.7. The summed E-state index contributed by atoms with van der Waals surface area (Å²) in [7, 11) is -4.51. The predicted molar refractivity (Wildman–Crippen MR) is 106 cm³/mol. The molecule has 1 atom stereocenters. The molecule has 0 saturated carbocycles. The van der Waals surface area contributed by atoms with E-state index < -0.39 is 32.1 Å². The first-order chi connectivity index (χ1) is 13.6. The van der Waals surface area contributed by atoms with Crippen LogP contribution in [0.25, 0.3) is 0 Å². The van der Waals surface area contributed by atoms with Gasteiger partial charge in [-0.25, -0.2) is 21.1 Å². The Labute approximate surface area is 170 Å². The molecule has 1 fully saturated rings. The molecule has 0 aromatic heterocycles. The van der Waals surface area contributed by atoms with Crippen LogP contribution >= 0.6 is 0 Å². The van der Waals surface area contributed by atoms with Crippen LogP contribution in [0.2, 0.25) is 0 Å². The second-order valence-electron chi connectivity index (χ2n) is 6.78. The van der Waals surface area contributed by atoms with E-state index in [1.807, 2.05) is 0 Å². The van der Waals surface area contributed by atoms with Crippen LogP contribution in [0.15, 0.2) is 64.4 Å². The van der Waals surface area contributed by atoms with Gasteiger partial charge in [0.2, 0.25) is 20.0 Å². The van der Waals surface area contributed by atoms with Gasteiger partial charge >= 0.3 is 5.97 Å². The number of carbonyl (C=O) groups excluding carboxylic acids is 1. The van der Waals surface area contributed by atoms with Gasteiger partial charge in [0.1, 0.15) is 12.6 Å². The maximum Gasteiger partial charge on any atom is 0.324 e.